The summed E-state index contributed by atoms with van der Waals surface area (Å²) < 4.78 is 0. The number of hydrogen-bond acceptors (Lipinski definition) is 0. The van der Waals surface area contributed by atoms with Gasteiger partial charge >= 0.3 is 0 Å². The van der Waals surface area contributed by atoms with Crippen LogP contribution in [0.4, 0.5) is 5.69 Å². The van der Waals surface area contributed by atoms with Gasteiger partial charge in [-0.25, -0.2) is 0 Å². The largest absolute Gasteiger partial charge is 1.00 e. The highest BCUT2D eigenvalue weighted by molar-refractivity contribution is 6.40. The molecule has 2 aliphatic rings. The Kier molecular flexibility index (Phi) is 3.62. The molecule has 1 nitrogen and oxygen atoms in total. The summed E-state index contributed by atoms with van der Waals surface area (Å²) in [6, 6.07) is 9.48. The van der Waals surface area contributed by atoms with Crippen LogP contribution in [0.3, 0.4) is 0 Å². The Morgan fingerprint density at radius 3 is 1.71 bits per heavy atom. The fourth-order valence-electron chi connectivity index (χ4n) is 1.30. The van der Waals surface area contributed by atoms with Crippen molar-refractivity contribution >= 4 is 28.9 Å². The number of rotatable bonds is 0. The molecular weight excluding hydrogens is 240 g/mol. The average molecular weight is 249 g/mol. The summed E-state index contributed by atoms with van der Waals surface area (Å²) in [7, 11) is 0. The summed E-state index contributed by atoms with van der Waals surface area (Å²) in [4.78, 5) is 0. The smallest absolute Gasteiger partial charge is 0.127 e. The third-order valence-electron chi connectivity index (χ3n) is 1.99. The van der Waals surface area contributed by atoms with Gasteiger partial charge in [0.25, 0.3) is 0 Å². The van der Waals surface area contributed by atoms with Crippen LogP contribution in [-0.2, 0) is 0 Å². The minimum Gasteiger partial charge on any atom is -1.00 e. The Morgan fingerprint density at radius 2 is 1.29 bits per heavy atom. The van der Waals surface area contributed by atoms with Crippen molar-refractivity contribution in [3.63, 3.8) is 0 Å². The van der Waals surface area contributed by atoms with Crippen LogP contribution < -0.4 is 18.1 Å². The van der Waals surface area contributed by atoms with Crippen molar-refractivity contribution in [1.29, 1.82) is 0 Å². The predicted octanol–water partition coefficient (Wildman–Crippen LogP) is -0.0244. The van der Waals surface area contributed by atoms with E-state index in [-0.39, 0.29) is 12.4 Å². The first-order valence-corrected chi connectivity index (χ1v) is 4.64. The molecule has 0 fully saturated rings. The molecular formula is C10H8Cl3N. The molecule has 0 aliphatic heterocycles. The quantitative estimate of drug-likeness (QED) is 0.679. The third kappa shape index (κ3) is 1.96. The highest BCUT2D eigenvalue weighted by atomic mass is 35.5. The number of fused-ring (bicyclic) bond motifs is 1. The Labute approximate surface area is 98.6 Å². The van der Waals surface area contributed by atoms with Gasteiger partial charge in [0.1, 0.15) is 5.69 Å². The van der Waals surface area contributed by atoms with Gasteiger partial charge in [-0.15, -0.1) is 0 Å². The van der Waals surface area contributed by atoms with E-state index in [1.165, 1.54) is 0 Å². The zero-order valence-corrected chi connectivity index (χ0v) is 9.50. The molecule has 0 aromatic carbocycles. The van der Waals surface area contributed by atoms with Crippen molar-refractivity contribution in [2.45, 2.75) is 0 Å². The van der Waals surface area contributed by atoms with E-state index >= 15 is 0 Å². The fourth-order valence-corrected chi connectivity index (χ4v) is 1.90. The lowest BCUT2D eigenvalue weighted by molar-refractivity contribution is -0.254. The van der Waals surface area contributed by atoms with Gasteiger partial charge in [-0.05, 0) is 30.3 Å². The van der Waals surface area contributed by atoms with E-state index in [0.717, 1.165) is 16.8 Å². The molecule has 2 rings (SSSR count). The number of halogens is 3. The molecule has 0 atom stereocenters. The minimum atomic E-state index is 0. The maximum absolute atomic E-state index is 5.98. The topological polar surface area (TPSA) is 27.6 Å². The van der Waals surface area contributed by atoms with Crippen molar-refractivity contribution in [1.82, 2.24) is 0 Å². The predicted molar refractivity (Wildman–Crippen MR) is 55.6 cm³/mol. The number of quaternary nitrogens is 1. The molecule has 0 aromatic rings. The van der Waals surface area contributed by atoms with Crippen molar-refractivity contribution in [3.8, 4) is 11.1 Å². The van der Waals surface area contributed by atoms with Crippen LogP contribution in [0.2, 0.25) is 10.0 Å². The first-order valence-electron chi connectivity index (χ1n) is 3.88. The zero-order valence-electron chi connectivity index (χ0n) is 7.23. The lowest BCUT2D eigenvalue weighted by Crippen LogP contribution is -3.00. The second kappa shape index (κ2) is 4.37. The van der Waals surface area contributed by atoms with Crippen LogP contribution in [0.5, 0.6) is 0 Å². The summed E-state index contributed by atoms with van der Waals surface area (Å²) in [5, 5.41) is 1.38. The molecule has 3 N–H and O–H groups in total. The van der Waals surface area contributed by atoms with Gasteiger partial charge in [0.2, 0.25) is 0 Å². The summed E-state index contributed by atoms with van der Waals surface area (Å²) in [6.45, 7) is 0. The molecule has 0 bridgehead atoms. The first kappa shape index (κ1) is 11.6. The van der Waals surface area contributed by atoms with Crippen LogP contribution in [0.15, 0.2) is 30.3 Å². The molecule has 0 amide bonds. The SMILES string of the molecule is [Cl-].[NH3+]c1ccc2c(Cl)cc(Cl)c-2cc1. The zero-order chi connectivity index (χ0) is 9.42. The van der Waals surface area contributed by atoms with Crippen molar-refractivity contribution in [2.75, 3.05) is 0 Å². The Morgan fingerprint density at radius 1 is 0.857 bits per heavy atom. The van der Waals surface area contributed by atoms with Gasteiger partial charge in [0.15, 0.2) is 0 Å². The number of hydrogen-bond donors (Lipinski definition) is 1. The maximum atomic E-state index is 5.98. The monoisotopic (exact) mass is 247 g/mol. The summed E-state index contributed by atoms with van der Waals surface area (Å²) >= 11 is 12.0. The fraction of sp³-hybridized carbons (Fsp3) is 0. The second-order valence-corrected chi connectivity index (χ2v) is 3.72. The lowest BCUT2D eigenvalue weighted by atomic mass is 10.2. The van der Waals surface area contributed by atoms with Crippen LogP contribution in [0.1, 0.15) is 0 Å². The molecule has 0 radical (unpaired) electrons. The van der Waals surface area contributed by atoms with Crippen molar-refractivity contribution < 1.29 is 18.1 Å². The normalized spacial score (nSPS) is 9.93. The van der Waals surface area contributed by atoms with E-state index in [0.29, 0.717) is 10.0 Å². The third-order valence-corrected chi connectivity index (χ3v) is 2.61. The molecule has 14 heavy (non-hydrogen) atoms. The van der Waals surface area contributed by atoms with Gasteiger partial charge in [-0.3, -0.25) is 0 Å². The minimum absolute atomic E-state index is 0. The van der Waals surface area contributed by atoms with Gasteiger partial charge in [-0.1, -0.05) is 23.2 Å². The molecule has 0 saturated heterocycles. The Balaban J connectivity index is 0.000000980. The van der Waals surface area contributed by atoms with Crippen LogP contribution in [0, 0.1) is 0 Å². The summed E-state index contributed by atoms with van der Waals surface area (Å²) in [5.41, 5.74) is 6.73. The molecule has 4 heteroatoms. The van der Waals surface area contributed by atoms with Gasteiger partial charge in [0.05, 0.1) is 0 Å². The standard InChI is InChI=1S/C10H7Cl2N.ClH/c11-9-5-10(12)8-4-2-6(13)1-3-7(8)9;/h1-5H,13H2;1H. The van der Waals surface area contributed by atoms with E-state index < -0.39 is 0 Å². The second-order valence-electron chi connectivity index (χ2n) is 2.91. The molecule has 0 unspecified atom stereocenters. The Bertz CT molecular complexity index is 392. The first-order chi connectivity index (χ1) is 6.18. The molecule has 0 saturated carbocycles. The van der Waals surface area contributed by atoms with E-state index in [1.54, 1.807) is 6.07 Å². The van der Waals surface area contributed by atoms with Gasteiger partial charge in [-0.2, -0.15) is 0 Å². The highest BCUT2D eigenvalue weighted by Gasteiger charge is 2.11. The Hall–Kier alpha value is -0.470. The van der Waals surface area contributed by atoms with Crippen molar-refractivity contribution in [2.24, 2.45) is 0 Å². The molecule has 0 spiro atoms. The van der Waals surface area contributed by atoms with Crippen LogP contribution in [-0.4, -0.2) is 0 Å². The van der Waals surface area contributed by atoms with Gasteiger partial charge in [0, 0.05) is 21.2 Å². The van der Waals surface area contributed by atoms with Crippen molar-refractivity contribution in [3.05, 3.63) is 40.4 Å². The maximum Gasteiger partial charge on any atom is 0.127 e. The van der Waals surface area contributed by atoms with E-state index in [4.69, 9.17) is 23.2 Å². The molecule has 74 valence electrons. The molecule has 2 aliphatic carbocycles. The summed E-state index contributed by atoms with van der Waals surface area (Å²) in [6.07, 6.45) is 0. The van der Waals surface area contributed by atoms with E-state index in [9.17, 15) is 0 Å². The molecule has 0 aromatic heterocycles. The van der Waals surface area contributed by atoms with E-state index in [2.05, 4.69) is 5.73 Å². The van der Waals surface area contributed by atoms with Gasteiger partial charge < -0.3 is 18.1 Å². The highest BCUT2D eigenvalue weighted by Crippen LogP contribution is 2.38. The lowest BCUT2D eigenvalue weighted by Gasteiger charge is -1.91. The van der Waals surface area contributed by atoms with Crippen LogP contribution in [0.25, 0.3) is 11.1 Å². The average Bonchev–Trinajstić information content (AvgIpc) is 2.27. The van der Waals surface area contributed by atoms with E-state index in [1.807, 2.05) is 24.3 Å². The van der Waals surface area contributed by atoms with Crippen LogP contribution >= 0.6 is 23.2 Å². The summed E-state index contributed by atoms with van der Waals surface area (Å²) in [5.74, 6) is 0. The molecule has 0 heterocycles.